The van der Waals surface area contributed by atoms with Gasteiger partial charge in [0.15, 0.2) is 5.54 Å². The number of amides is 4. The van der Waals surface area contributed by atoms with E-state index in [-0.39, 0.29) is 31.3 Å². The van der Waals surface area contributed by atoms with Crippen LogP contribution in [0.1, 0.15) is 21.5 Å². The van der Waals surface area contributed by atoms with Crippen LogP contribution in [-0.2, 0) is 21.6 Å². The highest BCUT2D eigenvalue weighted by molar-refractivity contribution is 6.76. The molecule has 1 aromatic heterocycles. The number of nitrogens with zero attached hydrogens (tertiary/aromatic N) is 3. The number of imide groups is 1. The van der Waals surface area contributed by atoms with E-state index in [1.807, 2.05) is 30.3 Å². The number of aromatic nitrogens is 1. The van der Waals surface area contributed by atoms with Gasteiger partial charge < -0.3 is 15.0 Å². The smallest absolute Gasteiger partial charge is 0.327 e. The number of benzene rings is 2. The maximum absolute atomic E-state index is 14.0. The zero-order valence-electron chi connectivity index (χ0n) is 22.2. The molecule has 39 heavy (non-hydrogen) atoms. The van der Waals surface area contributed by atoms with Gasteiger partial charge >= 0.3 is 6.03 Å². The molecule has 2 aliphatic heterocycles. The summed E-state index contributed by atoms with van der Waals surface area (Å²) < 4.78 is 19.6. The molecule has 1 fully saturated rings. The predicted molar refractivity (Wildman–Crippen MR) is 147 cm³/mol. The molecule has 2 aromatic carbocycles. The van der Waals surface area contributed by atoms with Gasteiger partial charge in [-0.3, -0.25) is 14.6 Å². The van der Waals surface area contributed by atoms with Gasteiger partial charge in [0.25, 0.3) is 11.8 Å². The minimum Gasteiger partial charge on any atom is -0.361 e. The number of fused-ring (bicyclic) bond motifs is 1. The summed E-state index contributed by atoms with van der Waals surface area (Å²) in [5, 5.41) is 2.87. The third-order valence-electron chi connectivity index (χ3n) is 7.11. The van der Waals surface area contributed by atoms with E-state index in [9.17, 15) is 18.8 Å². The van der Waals surface area contributed by atoms with Crippen molar-refractivity contribution in [3.05, 3.63) is 89.4 Å². The first-order valence-corrected chi connectivity index (χ1v) is 16.6. The SMILES string of the molecule is C[Si](C)(C)CCOCN1C(=O)N[C@@](CN2Cc3ccc(F)cc3C2=O)(c2ccc(-c3ccccn3)cc2)C1=O. The first-order chi connectivity index (χ1) is 18.6. The first kappa shape index (κ1) is 26.7. The molecule has 3 heterocycles. The Labute approximate surface area is 227 Å². The maximum atomic E-state index is 14.0. The van der Waals surface area contributed by atoms with Crippen molar-refractivity contribution in [2.45, 2.75) is 37.8 Å². The molecule has 0 spiro atoms. The van der Waals surface area contributed by atoms with Gasteiger partial charge in [-0.15, -0.1) is 0 Å². The van der Waals surface area contributed by atoms with Crippen LogP contribution >= 0.6 is 0 Å². The largest absolute Gasteiger partial charge is 0.361 e. The van der Waals surface area contributed by atoms with Crippen LogP contribution in [0.15, 0.2) is 66.9 Å². The molecule has 202 valence electrons. The fraction of sp³-hybridized carbons (Fsp3) is 0.310. The summed E-state index contributed by atoms with van der Waals surface area (Å²) in [5.74, 6) is -1.39. The summed E-state index contributed by atoms with van der Waals surface area (Å²) in [7, 11) is -1.35. The number of hydrogen-bond donors (Lipinski definition) is 1. The van der Waals surface area contributed by atoms with E-state index in [1.54, 1.807) is 24.4 Å². The standard InChI is InChI=1S/C29H31FN4O4Si/c1-39(2,3)15-14-38-19-34-27(36)29(32-28(34)37,18-33-17-21-9-12-23(30)16-24(21)26(33)35)22-10-7-20(8-11-22)25-6-4-5-13-31-25/h4-13,16H,14-15,17-19H2,1-3H3,(H,32,37)/t29-/m0/s1. The third-order valence-corrected chi connectivity index (χ3v) is 8.81. The molecule has 0 unspecified atom stereocenters. The number of ether oxygens (including phenoxy) is 1. The van der Waals surface area contributed by atoms with Crippen molar-refractivity contribution in [2.75, 3.05) is 19.9 Å². The van der Waals surface area contributed by atoms with Gasteiger partial charge in [-0.2, -0.15) is 0 Å². The molecule has 0 bridgehead atoms. The summed E-state index contributed by atoms with van der Waals surface area (Å²) >= 11 is 0. The van der Waals surface area contributed by atoms with Crippen LogP contribution in [-0.4, -0.2) is 60.6 Å². The van der Waals surface area contributed by atoms with Crippen molar-refractivity contribution in [2.24, 2.45) is 0 Å². The molecule has 8 nitrogen and oxygen atoms in total. The Morgan fingerprint density at radius 2 is 1.82 bits per heavy atom. The minimum atomic E-state index is -1.53. The molecule has 0 radical (unpaired) electrons. The molecule has 3 aromatic rings. The van der Waals surface area contributed by atoms with Gasteiger partial charge in [-0.1, -0.05) is 56.0 Å². The average Bonchev–Trinajstić information content (AvgIpc) is 3.34. The Hall–Kier alpha value is -3.89. The lowest BCUT2D eigenvalue weighted by molar-refractivity contribution is -0.135. The molecule has 1 saturated heterocycles. The van der Waals surface area contributed by atoms with Gasteiger partial charge in [-0.25, -0.2) is 14.1 Å². The zero-order valence-corrected chi connectivity index (χ0v) is 23.2. The first-order valence-electron chi connectivity index (χ1n) is 12.9. The fourth-order valence-electron chi connectivity index (χ4n) is 4.88. The highest BCUT2D eigenvalue weighted by Gasteiger charge is 2.54. The van der Waals surface area contributed by atoms with Crippen LogP contribution in [0.25, 0.3) is 11.3 Å². The second kappa shape index (κ2) is 10.3. The van der Waals surface area contributed by atoms with Crippen LogP contribution in [0.4, 0.5) is 9.18 Å². The van der Waals surface area contributed by atoms with Crippen molar-refractivity contribution in [1.82, 2.24) is 20.1 Å². The van der Waals surface area contributed by atoms with Crippen LogP contribution in [0, 0.1) is 5.82 Å². The molecular formula is C29H31FN4O4Si. The number of pyridine rings is 1. The van der Waals surface area contributed by atoms with E-state index < -0.39 is 31.4 Å². The number of urea groups is 1. The van der Waals surface area contributed by atoms with E-state index in [0.29, 0.717) is 17.7 Å². The minimum absolute atomic E-state index is 0.110. The average molecular weight is 547 g/mol. The number of carbonyl (C=O) groups is 3. The molecule has 0 aliphatic carbocycles. The highest BCUT2D eigenvalue weighted by atomic mass is 28.3. The molecule has 4 amide bonds. The molecular weight excluding hydrogens is 515 g/mol. The topological polar surface area (TPSA) is 91.8 Å². The predicted octanol–water partition coefficient (Wildman–Crippen LogP) is 4.60. The normalized spacial score (nSPS) is 19.0. The Balaban J connectivity index is 1.45. The van der Waals surface area contributed by atoms with Gasteiger partial charge in [0, 0.05) is 38.5 Å². The molecule has 1 atom stereocenters. The van der Waals surface area contributed by atoms with Gasteiger partial charge in [0.05, 0.1) is 12.2 Å². The van der Waals surface area contributed by atoms with Crippen LogP contribution < -0.4 is 5.32 Å². The molecule has 1 N–H and O–H groups in total. The maximum Gasteiger partial charge on any atom is 0.327 e. The monoisotopic (exact) mass is 546 g/mol. The van der Waals surface area contributed by atoms with Crippen LogP contribution in [0.3, 0.4) is 0 Å². The van der Waals surface area contributed by atoms with E-state index in [4.69, 9.17) is 4.74 Å². The molecule has 10 heteroatoms. The van der Waals surface area contributed by atoms with Crippen molar-refractivity contribution in [3.8, 4) is 11.3 Å². The van der Waals surface area contributed by atoms with Gasteiger partial charge in [-0.05, 0) is 41.4 Å². The summed E-state index contributed by atoms with van der Waals surface area (Å²) in [6.45, 7) is 7.04. The van der Waals surface area contributed by atoms with Crippen molar-refractivity contribution in [3.63, 3.8) is 0 Å². The van der Waals surface area contributed by atoms with Crippen molar-refractivity contribution >= 4 is 25.9 Å². The zero-order chi connectivity index (χ0) is 27.8. The number of carbonyl (C=O) groups excluding carboxylic acids is 3. The Morgan fingerprint density at radius 1 is 1.05 bits per heavy atom. The summed E-state index contributed by atoms with van der Waals surface area (Å²) in [6, 6.07) is 17.2. The quantitative estimate of drug-likeness (QED) is 0.241. The summed E-state index contributed by atoms with van der Waals surface area (Å²) in [4.78, 5) is 47.2. The molecule has 2 aliphatic rings. The van der Waals surface area contributed by atoms with E-state index in [1.165, 1.54) is 17.0 Å². The third kappa shape index (κ3) is 5.34. The fourth-order valence-corrected chi connectivity index (χ4v) is 5.63. The number of nitrogens with one attached hydrogen (secondary N) is 1. The van der Waals surface area contributed by atoms with Crippen LogP contribution in [0.5, 0.6) is 0 Å². The van der Waals surface area contributed by atoms with Crippen LogP contribution in [0.2, 0.25) is 25.7 Å². The number of rotatable bonds is 9. The highest BCUT2D eigenvalue weighted by Crippen LogP contribution is 2.35. The lowest BCUT2D eigenvalue weighted by atomic mass is 9.88. The van der Waals surface area contributed by atoms with E-state index >= 15 is 0 Å². The van der Waals surface area contributed by atoms with Crippen molar-refractivity contribution < 1.29 is 23.5 Å². The summed E-state index contributed by atoms with van der Waals surface area (Å²) in [6.07, 6.45) is 1.70. The van der Waals surface area contributed by atoms with E-state index in [2.05, 4.69) is 29.9 Å². The second-order valence-electron chi connectivity index (χ2n) is 11.2. The second-order valence-corrected chi connectivity index (χ2v) is 16.8. The summed E-state index contributed by atoms with van der Waals surface area (Å²) in [5.41, 5.74) is 1.55. The van der Waals surface area contributed by atoms with Gasteiger partial charge in [0.1, 0.15) is 12.5 Å². The Kier molecular flexibility index (Phi) is 7.08. The van der Waals surface area contributed by atoms with Crippen molar-refractivity contribution in [1.29, 1.82) is 0 Å². The van der Waals surface area contributed by atoms with E-state index in [0.717, 1.165) is 22.2 Å². The molecule has 5 rings (SSSR count). The Bertz CT molecular complexity index is 1410. The number of halogens is 1. The van der Waals surface area contributed by atoms with Gasteiger partial charge in [0.2, 0.25) is 0 Å². The lowest BCUT2D eigenvalue weighted by Crippen LogP contribution is -2.53. The lowest BCUT2D eigenvalue weighted by Gasteiger charge is -2.32. The Morgan fingerprint density at radius 3 is 2.51 bits per heavy atom. The molecule has 0 saturated carbocycles. The number of hydrogen-bond acceptors (Lipinski definition) is 5.